The quantitative estimate of drug-likeness (QED) is 0.896. The first-order chi connectivity index (χ1) is 9.61. The van der Waals surface area contributed by atoms with Gasteiger partial charge >= 0.3 is 5.97 Å². The monoisotopic (exact) mass is 297 g/mol. The summed E-state index contributed by atoms with van der Waals surface area (Å²) in [5.74, 6) is 0.275. The first-order valence-electron chi connectivity index (χ1n) is 6.68. The molecule has 2 atom stereocenters. The highest BCUT2D eigenvalue weighted by atomic mass is 35.5. The van der Waals surface area contributed by atoms with E-state index in [1.807, 2.05) is 6.92 Å². The summed E-state index contributed by atoms with van der Waals surface area (Å²) < 4.78 is 10.9. The van der Waals surface area contributed by atoms with Crippen LogP contribution in [0, 0.1) is 5.92 Å². The molecule has 0 amide bonds. The molecule has 3 rings (SSSR count). The van der Waals surface area contributed by atoms with E-state index >= 15 is 0 Å². The van der Waals surface area contributed by atoms with Gasteiger partial charge < -0.3 is 19.9 Å². The van der Waals surface area contributed by atoms with E-state index < -0.39 is 5.97 Å². The third-order valence-corrected chi connectivity index (χ3v) is 4.25. The van der Waals surface area contributed by atoms with Gasteiger partial charge in [-0.05, 0) is 18.4 Å². The lowest BCUT2D eigenvalue weighted by molar-refractivity contribution is -0.141. The molecular weight excluding hydrogens is 282 g/mol. The molecule has 2 aliphatic heterocycles. The van der Waals surface area contributed by atoms with Crippen LogP contribution in [0.15, 0.2) is 6.07 Å². The van der Waals surface area contributed by atoms with Gasteiger partial charge in [0, 0.05) is 29.2 Å². The van der Waals surface area contributed by atoms with Gasteiger partial charge in [-0.15, -0.1) is 0 Å². The van der Waals surface area contributed by atoms with Gasteiger partial charge in [0.2, 0.25) is 6.79 Å². The number of carboxylic acids is 1. The maximum absolute atomic E-state index is 11.1. The highest BCUT2D eigenvalue weighted by Gasteiger charge is 2.34. The van der Waals surface area contributed by atoms with Gasteiger partial charge in [0.05, 0.1) is 5.92 Å². The van der Waals surface area contributed by atoms with Gasteiger partial charge in [0.25, 0.3) is 0 Å². The molecule has 0 saturated carbocycles. The van der Waals surface area contributed by atoms with Crippen molar-refractivity contribution in [3.63, 3.8) is 0 Å². The Hall–Kier alpha value is -1.46. The number of ether oxygens (including phenoxy) is 2. The molecule has 1 aromatic carbocycles. The predicted octanol–water partition coefficient (Wildman–Crippen LogP) is 2.37. The Kier molecular flexibility index (Phi) is 3.48. The van der Waals surface area contributed by atoms with Crippen LogP contribution in [0.4, 0.5) is 0 Å². The van der Waals surface area contributed by atoms with Crippen LogP contribution in [-0.2, 0) is 11.2 Å². The third-order valence-electron chi connectivity index (χ3n) is 3.94. The molecule has 2 heterocycles. The second kappa shape index (κ2) is 5.14. The van der Waals surface area contributed by atoms with E-state index in [4.69, 9.17) is 26.2 Å². The Balaban J connectivity index is 2.00. The maximum atomic E-state index is 11.1. The predicted molar refractivity (Wildman–Crippen MR) is 73.4 cm³/mol. The zero-order valence-electron chi connectivity index (χ0n) is 11.1. The second-order valence-corrected chi connectivity index (χ2v) is 5.48. The van der Waals surface area contributed by atoms with E-state index in [0.29, 0.717) is 23.7 Å². The summed E-state index contributed by atoms with van der Waals surface area (Å²) in [6.07, 6.45) is 1.30. The molecule has 2 unspecified atom stereocenters. The number of benzene rings is 1. The minimum absolute atomic E-state index is 0.0481. The molecule has 2 aliphatic rings. The van der Waals surface area contributed by atoms with Crippen LogP contribution in [0.2, 0.25) is 5.02 Å². The smallest absolute Gasteiger partial charge is 0.307 e. The summed E-state index contributed by atoms with van der Waals surface area (Å²) in [5, 5.41) is 13.0. The average Bonchev–Trinajstić information content (AvgIpc) is 3.04. The lowest BCUT2D eigenvalue weighted by Crippen LogP contribution is -2.18. The summed E-state index contributed by atoms with van der Waals surface area (Å²) in [7, 11) is 0. The molecule has 108 valence electrons. The van der Waals surface area contributed by atoms with E-state index in [2.05, 4.69) is 5.32 Å². The van der Waals surface area contributed by atoms with Crippen LogP contribution in [-0.4, -0.2) is 24.4 Å². The average molecular weight is 298 g/mol. The number of halogens is 1. The molecule has 0 radical (unpaired) electrons. The van der Waals surface area contributed by atoms with Crippen molar-refractivity contribution >= 4 is 17.6 Å². The number of carbonyl (C=O) groups is 1. The van der Waals surface area contributed by atoms with E-state index in [0.717, 1.165) is 23.3 Å². The molecule has 0 aliphatic carbocycles. The largest absolute Gasteiger partial charge is 0.481 e. The molecule has 1 aromatic rings. The number of hydrogen-bond donors (Lipinski definition) is 2. The van der Waals surface area contributed by atoms with Crippen molar-refractivity contribution in [3.8, 4) is 11.5 Å². The van der Waals surface area contributed by atoms with Crippen molar-refractivity contribution in [1.82, 2.24) is 5.32 Å². The fourth-order valence-corrected chi connectivity index (χ4v) is 3.31. The molecule has 1 fully saturated rings. The van der Waals surface area contributed by atoms with Gasteiger partial charge in [-0.25, -0.2) is 0 Å². The van der Waals surface area contributed by atoms with Gasteiger partial charge in [0.15, 0.2) is 11.5 Å². The number of hydrogen-bond acceptors (Lipinski definition) is 4. The summed E-state index contributed by atoms with van der Waals surface area (Å²) in [5.41, 5.74) is 1.95. The summed E-state index contributed by atoms with van der Waals surface area (Å²) in [6.45, 7) is 2.70. The van der Waals surface area contributed by atoms with Gasteiger partial charge in [-0.2, -0.15) is 0 Å². The molecule has 1 saturated heterocycles. The zero-order chi connectivity index (χ0) is 14.3. The van der Waals surface area contributed by atoms with Crippen molar-refractivity contribution in [1.29, 1.82) is 0 Å². The normalized spacial score (nSPS) is 24.1. The minimum atomic E-state index is -0.769. The van der Waals surface area contributed by atoms with Gasteiger partial charge in [-0.1, -0.05) is 18.5 Å². The Morgan fingerprint density at radius 3 is 3.00 bits per heavy atom. The zero-order valence-corrected chi connectivity index (χ0v) is 11.9. The fourth-order valence-electron chi connectivity index (χ4n) is 2.96. The fraction of sp³-hybridized carbons (Fsp3) is 0.500. The van der Waals surface area contributed by atoms with E-state index in [1.165, 1.54) is 0 Å². The highest BCUT2D eigenvalue weighted by molar-refractivity contribution is 6.31. The Morgan fingerprint density at radius 1 is 1.55 bits per heavy atom. The van der Waals surface area contributed by atoms with Crippen LogP contribution < -0.4 is 14.8 Å². The molecule has 0 spiro atoms. The summed E-state index contributed by atoms with van der Waals surface area (Å²) >= 11 is 6.38. The molecule has 20 heavy (non-hydrogen) atoms. The van der Waals surface area contributed by atoms with E-state index in [-0.39, 0.29) is 18.8 Å². The summed E-state index contributed by atoms with van der Waals surface area (Å²) in [4.78, 5) is 11.1. The van der Waals surface area contributed by atoms with E-state index in [1.54, 1.807) is 6.07 Å². The molecule has 0 aromatic heterocycles. The second-order valence-electron chi connectivity index (χ2n) is 5.07. The van der Waals surface area contributed by atoms with Crippen LogP contribution in [0.25, 0.3) is 0 Å². The molecule has 2 N–H and O–H groups in total. The number of rotatable bonds is 3. The van der Waals surface area contributed by atoms with Crippen molar-refractivity contribution < 1.29 is 19.4 Å². The topological polar surface area (TPSA) is 67.8 Å². The lowest BCUT2D eigenvalue weighted by atomic mass is 9.93. The Morgan fingerprint density at radius 2 is 2.35 bits per heavy atom. The van der Waals surface area contributed by atoms with Gasteiger partial charge in [-0.3, -0.25) is 4.79 Å². The van der Waals surface area contributed by atoms with Crippen LogP contribution in [0.5, 0.6) is 11.5 Å². The molecule has 6 heteroatoms. The first-order valence-corrected chi connectivity index (χ1v) is 7.06. The van der Waals surface area contributed by atoms with Crippen molar-refractivity contribution in [2.75, 3.05) is 13.3 Å². The SMILES string of the molecule is CCc1c2c(cc(Cl)c1C1CC(C(=O)O)CN1)OCO2. The van der Waals surface area contributed by atoms with Crippen molar-refractivity contribution in [2.45, 2.75) is 25.8 Å². The Bertz CT molecular complexity index is 561. The third kappa shape index (κ3) is 2.11. The van der Waals surface area contributed by atoms with Gasteiger partial charge in [0.1, 0.15) is 0 Å². The lowest BCUT2D eigenvalue weighted by Gasteiger charge is -2.18. The van der Waals surface area contributed by atoms with Crippen LogP contribution >= 0.6 is 11.6 Å². The number of nitrogens with one attached hydrogen (secondary N) is 1. The van der Waals surface area contributed by atoms with Crippen molar-refractivity contribution in [2.24, 2.45) is 5.92 Å². The number of carboxylic acid groups (broad SMARTS) is 1. The molecule has 5 nitrogen and oxygen atoms in total. The standard InChI is InChI=1S/C14H16ClNO4/c1-2-8-12(10-3-7(5-16-10)14(17)18)9(15)4-11-13(8)20-6-19-11/h4,7,10,16H,2-3,5-6H2,1H3,(H,17,18). The minimum Gasteiger partial charge on any atom is -0.481 e. The number of aliphatic carboxylic acids is 1. The first kappa shape index (κ1) is 13.5. The van der Waals surface area contributed by atoms with Crippen LogP contribution in [0.1, 0.15) is 30.5 Å². The van der Waals surface area contributed by atoms with Crippen molar-refractivity contribution in [3.05, 3.63) is 22.2 Å². The molecule has 0 bridgehead atoms. The Labute approximate surface area is 121 Å². The summed E-state index contributed by atoms with van der Waals surface area (Å²) in [6, 6.07) is 1.71. The van der Waals surface area contributed by atoms with Crippen LogP contribution in [0.3, 0.4) is 0 Å². The van der Waals surface area contributed by atoms with E-state index in [9.17, 15) is 4.79 Å². The number of fused-ring (bicyclic) bond motifs is 1. The maximum Gasteiger partial charge on any atom is 0.307 e. The highest BCUT2D eigenvalue weighted by Crippen LogP contribution is 2.45. The molecular formula is C14H16ClNO4.